The molecule has 0 radical (unpaired) electrons. The first-order valence-electron chi connectivity index (χ1n) is 24.8. The topological polar surface area (TPSA) is 205 Å². The highest BCUT2D eigenvalue weighted by Crippen LogP contribution is 2.36. The molecule has 408 valence electrons. The van der Waals surface area contributed by atoms with Gasteiger partial charge >= 0.3 is 6.18 Å². The molecule has 21 heteroatoms. The summed E-state index contributed by atoms with van der Waals surface area (Å²) in [6.07, 6.45) is 4.04. The number of allylic oxidation sites excluding steroid dienone is 1. The van der Waals surface area contributed by atoms with E-state index in [-0.39, 0.29) is 31.9 Å². The summed E-state index contributed by atoms with van der Waals surface area (Å²) in [6, 6.07) is 25.1. The molecule has 7 heterocycles. The molecule has 0 atom stereocenters. The summed E-state index contributed by atoms with van der Waals surface area (Å²) in [5.41, 5.74) is 11.3. The third-order valence-corrected chi connectivity index (χ3v) is 12.5. The minimum atomic E-state index is -4.77. The van der Waals surface area contributed by atoms with Gasteiger partial charge in [-0.3, -0.25) is 24.5 Å². The lowest BCUT2D eigenvalue weighted by Crippen LogP contribution is -2.29. The number of ether oxygens (including phenoxy) is 2. The Morgan fingerprint density at radius 2 is 1.33 bits per heavy atom. The molecule has 0 saturated heterocycles. The van der Waals surface area contributed by atoms with Crippen molar-refractivity contribution in [1.29, 1.82) is 5.26 Å². The van der Waals surface area contributed by atoms with Crippen LogP contribution in [-0.4, -0.2) is 45.3 Å². The minimum absolute atomic E-state index is 0.0410. The quantitative estimate of drug-likeness (QED) is 0.104. The average Bonchev–Trinajstić information content (AvgIpc) is 3.88. The first kappa shape index (κ1) is 59.9. The van der Waals surface area contributed by atoms with Crippen LogP contribution in [-0.2, 0) is 32.5 Å². The lowest BCUT2D eigenvalue weighted by Gasteiger charge is -2.16. The van der Waals surface area contributed by atoms with E-state index in [0.717, 1.165) is 49.7 Å². The van der Waals surface area contributed by atoms with Crippen molar-refractivity contribution in [3.63, 3.8) is 0 Å². The highest BCUT2D eigenvalue weighted by atomic mass is 35.5. The maximum absolute atomic E-state index is 13.3. The van der Waals surface area contributed by atoms with Crippen molar-refractivity contribution in [1.82, 2.24) is 39.0 Å². The SMILES string of the molecule is CC.CC.Cc1cc(Cl)c(COc2cccc3c(-c4nc[nH]c4C)cc(C)nc23)c(Cn2cccc(C(F)(F)F)c2=O)n1.Cc1cc(N=C/C(Cl)=C\N)c2cccc(OCc3c(Cl)ccnc3Cn3cccc(C#N)c3=O)c2n1. The number of aromatic nitrogens is 8. The molecule has 0 amide bonds. The largest absolute Gasteiger partial charge is 0.486 e. The number of H-pyrrole nitrogens is 1. The van der Waals surface area contributed by atoms with Gasteiger partial charge in [0.1, 0.15) is 52.9 Å². The van der Waals surface area contributed by atoms with Crippen molar-refractivity contribution in [2.45, 2.75) is 87.9 Å². The second-order valence-corrected chi connectivity index (χ2v) is 18.1. The highest BCUT2D eigenvalue weighted by molar-refractivity contribution is 6.39. The number of nitrogens with zero attached hydrogens (tertiary/aromatic N) is 9. The summed E-state index contributed by atoms with van der Waals surface area (Å²) in [6.45, 7) is 15.4. The lowest BCUT2D eigenvalue weighted by atomic mass is 10.0. The predicted molar refractivity (Wildman–Crippen MR) is 305 cm³/mol. The first-order chi connectivity index (χ1) is 37.9. The van der Waals surface area contributed by atoms with Crippen molar-refractivity contribution in [3.05, 3.63) is 208 Å². The molecule has 0 bridgehead atoms. The number of alkyl halides is 3. The number of nitrogens with one attached hydrogen (secondary N) is 1. The Hall–Kier alpha value is -8.37. The molecule has 0 aliphatic rings. The Morgan fingerprint density at radius 3 is 1.95 bits per heavy atom. The van der Waals surface area contributed by atoms with Gasteiger partial charge in [-0.05, 0) is 88.4 Å². The van der Waals surface area contributed by atoms with Crippen LogP contribution in [0.25, 0.3) is 33.1 Å². The number of benzene rings is 2. The van der Waals surface area contributed by atoms with Crippen LogP contribution in [0, 0.1) is 39.0 Å². The van der Waals surface area contributed by atoms with Gasteiger partial charge in [-0.25, -0.2) is 15.0 Å². The van der Waals surface area contributed by atoms with Crippen molar-refractivity contribution in [2.24, 2.45) is 10.7 Å². The van der Waals surface area contributed by atoms with E-state index in [1.807, 2.05) is 90.9 Å². The van der Waals surface area contributed by atoms with Gasteiger partial charge < -0.3 is 29.3 Å². The summed E-state index contributed by atoms with van der Waals surface area (Å²) in [4.78, 5) is 55.3. The fraction of sp³-hybridized carbons (Fsp3) is 0.224. The number of aromatic amines is 1. The minimum Gasteiger partial charge on any atom is -0.486 e. The number of hydrogen-bond acceptors (Lipinski definition) is 12. The highest BCUT2D eigenvalue weighted by Gasteiger charge is 2.34. The van der Waals surface area contributed by atoms with Gasteiger partial charge in [0.05, 0.1) is 57.3 Å². The Bertz CT molecular complexity index is 3870. The Balaban J connectivity index is 0.000000241. The maximum Gasteiger partial charge on any atom is 0.421 e. The molecule has 3 N–H and O–H groups in total. The summed E-state index contributed by atoms with van der Waals surface area (Å²) >= 11 is 19.0. The first-order valence-corrected chi connectivity index (χ1v) is 25.9. The molecule has 0 fully saturated rings. The van der Waals surface area contributed by atoms with Crippen LogP contribution in [0.4, 0.5) is 18.9 Å². The van der Waals surface area contributed by atoms with Crippen molar-refractivity contribution >= 4 is 68.5 Å². The molecule has 7 aromatic heterocycles. The molecule has 9 aromatic rings. The van der Waals surface area contributed by atoms with Crippen LogP contribution in [0.1, 0.15) is 84.1 Å². The zero-order valence-electron chi connectivity index (χ0n) is 44.4. The molecule has 9 rings (SSSR count). The number of aliphatic imine (C=N–C) groups is 1. The van der Waals surface area contributed by atoms with E-state index in [2.05, 4.69) is 29.9 Å². The second-order valence-electron chi connectivity index (χ2n) is 16.9. The molecular formula is C58H55Cl3F3N11O4. The van der Waals surface area contributed by atoms with E-state index < -0.39 is 22.9 Å². The molecule has 0 saturated carbocycles. The number of fused-ring (bicyclic) bond motifs is 2. The molecule has 79 heavy (non-hydrogen) atoms. The molecule has 0 aliphatic heterocycles. The molecule has 0 spiro atoms. The number of pyridine rings is 6. The molecule has 0 unspecified atom stereocenters. The smallest absolute Gasteiger partial charge is 0.421 e. The zero-order valence-corrected chi connectivity index (χ0v) is 46.6. The van der Waals surface area contributed by atoms with Gasteiger partial charge in [0, 0.05) is 81.2 Å². The number of nitriles is 1. The van der Waals surface area contributed by atoms with Gasteiger partial charge in [-0.1, -0.05) is 86.8 Å². The van der Waals surface area contributed by atoms with E-state index in [1.54, 1.807) is 56.0 Å². The fourth-order valence-corrected chi connectivity index (χ4v) is 8.66. The number of aryl methyl sites for hydroxylation is 4. The molecular weight excluding hydrogens is 1080 g/mol. The fourth-order valence-electron chi connectivity index (χ4n) is 8.07. The van der Waals surface area contributed by atoms with Gasteiger partial charge in [-0.15, -0.1) is 0 Å². The van der Waals surface area contributed by atoms with Crippen LogP contribution in [0.5, 0.6) is 11.5 Å². The normalized spacial score (nSPS) is 11.3. The zero-order chi connectivity index (χ0) is 57.6. The third kappa shape index (κ3) is 14.4. The Labute approximate surface area is 468 Å². The van der Waals surface area contributed by atoms with E-state index in [4.69, 9.17) is 60.3 Å². The number of imidazole rings is 1. The van der Waals surface area contributed by atoms with E-state index in [9.17, 15) is 22.8 Å². The summed E-state index contributed by atoms with van der Waals surface area (Å²) in [7, 11) is 0. The summed E-state index contributed by atoms with van der Waals surface area (Å²) in [5.74, 6) is 1.02. The van der Waals surface area contributed by atoms with Crippen LogP contribution in [0.3, 0.4) is 0 Å². The number of halogens is 6. The Morgan fingerprint density at radius 1 is 0.747 bits per heavy atom. The number of nitrogens with two attached hydrogens (primary N) is 1. The number of para-hydroxylation sites is 2. The van der Waals surface area contributed by atoms with Crippen molar-refractivity contribution in [2.75, 3.05) is 0 Å². The van der Waals surface area contributed by atoms with Gasteiger partial charge in [0.15, 0.2) is 0 Å². The van der Waals surface area contributed by atoms with Crippen molar-refractivity contribution < 1.29 is 22.6 Å². The second kappa shape index (κ2) is 27.3. The average molecular weight is 1130 g/mol. The van der Waals surface area contributed by atoms with Crippen LogP contribution in [0.15, 0.2) is 136 Å². The Kier molecular flexibility index (Phi) is 20.7. The van der Waals surface area contributed by atoms with E-state index >= 15 is 0 Å². The van der Waals surface area contributed by atoms with Gasteiger partial charge in [0.2, 0.25) is 0 Å². The summed E-state index contributed by atoms with van der Waals surface area (Å²) < 4.78 is 54.6. The van der Waals surface area contributed by atoms with Gasteiger partial charge in [0.25, 0.3) is 11.1 Å². The molecule has 2 aromatic carbocycles. The monoisotopic (exact) mass is 1130 g/mol. The summed E-state index contributed by atoms with van der Waals surface area (Å²) in [5, 5.41) is 11.9. The third-order valence-electron chi connectivity index (χ3n) is 11.6. The van der Waals surface area contributed by atoms with Crippen molar-refractivity contribution in [3.8, 4) is 28.8 Å². The molecule has 15 nitrogen and oxygen atoms in total. The molecule has 0 aliphatic carbocycles. The van der Waals surface area contributed by atoms with E-state index in [1.165, 1.54) is 35.3 Å². The van der Waals surface area contributed by atoms with Crippen LogP contribution in [0.2, 0.25) is 10.0 Å². The van der Waals surface area contributed by atoms with E-state index in [0.29, 0.717) is 71.5 Å². The van der Waals surface area contributed by atoms with Crippen LogP contribution < -0.4 is 26.3 Å². The predicted octanol–water partition coefficient (Wildman–Crippen LogP) is 13.5. The maximum atomic E-state index is 13.3. The van der Waals surface area contributed by atoms with Crippen LogP contribution >= 0.6 is 34.8 Å². The number of hydrogen-bond donors (Lipinski definition) is 2. The lowest BCUT2D eigenvalue weighted by molar-refractivity contribution is -0.138. The number of rotatable bonds is 13. The van der Waals surface area contributed by atoms with Gasteiger partial charge in [-0.2, -0.15) is 18.4 Å². The standard InChI is InChI=1S/C28H23ClF3N5O2.C26H20Cl2N6O2.2C2H6/c1-15-10-19(25-17(3)33-14-34-25)18-6-4-8-24(26(18)36-15)39-13-20-22(29)11-16(2)35-23(20)12-37-9-5-7-21(27(37)38)28(30,31)32;1-16-10-22(32-13-18(27)12-30)19-5-2-6-24(25(19)33-16)36-15-20-21(28)7-8-31-23(20)14-34-9-3-4-17(11-29)26(34)35;2*1-2/h4-11,14H,12-13H2,1-3H3,(H,33,34);2-10,12-13H,14-15,30H2,1H3;2*1-2H3/b;18-12+,32-13?;;.